The van der Waals surface area contributed by atoms with Crippen molar-refractivity contribution >= 4 is 33.6 Å². The van der Waals surface area contributed by atoms with Crippen molar-refractivity contribution in [2.45, 2.75) is 51.3 Å². The number of halogens is 3. The number of hydrogen-bond acceptors (Lipinski definition) is 3. The molecule has 0 unspecified atom stereocenters. The molecule has 1 aromatic rings. The summed E-state index contributed by atoms with van der Waals surface area (Å²) in [5, 5.41) is 0.505. The Bertz CT molecular complexity index is 688. The average Bonchev–Trinajstić information content (AvgIpc) is 3.22. The first-order chi connectivity index (χ1) is 11.6. The van der Waals surface area contributed by atoms with E-state index in [-0.39, 0.29) is 17.4 Å². The topological polar surface area (TPSA) is 32.8 Å². The van der Waals surface area contributed by atoms with Crippen LogP contribution in [0.15, 0.2) is 16.6 Å². The second-order valence-electron chi connectivity index (χ2n) is 7.92. The van der Waals surface area contributed by atoms with Crippen molar-refractivity contribution in [3.63, 3.8) is 0 Å². The highest BCUT2D eigenvalue weighted by Crippen LogP contribution is 2.45. The van der Waals surface area contributed by atoms with Crippen LogP contribution in [-0.2, 0) is 11.3 Å². The molecule has 1 aliphatic carbocycles. The van der Waals surface area contributed by atoms with Crippen molar-refractivity contribution in [3.8, 4) is 0 Å². The number of carbonyl (C=O) groups excluding carboxylic acids is 1. The fraction of sp³-hybridized carbons (Fsp3) is 0.611. The monoisotopic (exact) mass is 432 g/mol. The predicted molar refractivity (Wildman–Crippen MR) is 99.3 cm³/mol. The molecule has 1 aromatic carbocycles. The molecule has 1 aliphatic heterocycles. The maximum Gasteiger partial charge on any atom is 0.410 e. The SMILES string of the molecule is CC(C)(C)OC(=O)N1CCN(Cc2cc(Cl)c(Br)cc2F)CC12CC2. The molecule has 2 aliphatic rings. The minimum absolute atomic E-state index is 0.157. The molecule has 0 aromatic heterocycles. The molecule has 0 N–H and O–H groups in total. The van der Waals surface area contributed by atoms with Crippen LogP contribution in [0.25, 0.3) is 0 Å². The third-order valence-electron chi connectivity index (χ3n) is 4.65. The van der Waals surface area contributed by atoms with Crippen LogP contribution in [0.3, 0.4) is 0 Å². The number of piperazine rings is 1. The van der Waals surface area contributed by atoms with Crippen molar-refractivity contribution in [2.24, 2.45) is 0 Å². The minimum atomic E-state index is -0.498. The molecule has 1 saturated carbocycles. The molecule has 2 fully saturated rings. The fourth-order valence-corrected chi connectivity index (χ4v) is 3.80. The second-order valence-corrected chi connectivity index (χ2v) is 9.19. The van der Waals surface area contributed by atoms with E-state index in [1.165, 1.54) is 6.07 Å². The van der Waals surface area contributed by atoms with E-state index < -0.39 is 5.60 Å². The maximum atomic E-state index is 14.2. The van der Waals surface area contributed by atoms with E-state index in [4.69, 9.17) is 16.3 Å². The third-order valence-corrected chi connectivity index (χ3v) is 5.85. The van der Waals surface area contributed by atoms with Crippen molar-refractivity contribution < 1.29 is 13.9 Å². The quantitative estimate of drug-likeness (QED) is 0.627. The van der Waals surface area contributed by atoms with E-state index in [0.717, 1.165) is 19.4 Å². The van der Waals surface area contributed by atoms with E-state index >= 15 is 0 Å². The Hall–Kier alpha value is -0.850. The summed E-state index contributed by atoms with van der Waals surface area (Å²) >= 11 is 9.33. The predicted octanol–water partition coefficient (Wildman–Crippen LogP) is 4.83. The second kappa shape index (κ2) is 6.71. The van der Waals surface area contributed by atoms with Crippen LogP contribution in [0.1, 0.15) is 39.2 Å². The van der Waals surface area contributed by atoms with E-state index in [9.17, 15) is 9.18 Å². The standard InChI is InChI=1S/C18H23BrClFN2O2/c1-17(2,3)25-16(24)23-7-6-22(11-18(23)4-5-18)10-12-8-14(20)13(19)9-15(12)21/h8-9H,4-7,10-11H2,1-3H3. The zero-order chi connectivity index (χ0) is 18.4. The minimum Gasteiger partial charge on any atom is -0.444 e. The van der Waals surface area contributed by atoms with Crippen LogP contribution < -0.4 is 0 Å². The molecule has 0 atom stereocenters. The summed E-state index contributed by atoms with van der Waals surface area (Å²) < 4.78 is 20.3. The van der Waals surface area contributed by atoms with Crippen molar-refractivity contribution in [2.75, 3.05) is 19.6 Å². The van der Waals surface area contributed by atoms with Crippen LogP contribution in [0.4, 0.5) is 9.18 Å². The first-order valence-electron chi connectivity index (χ1n) is 8.46. The van der Waals surface area contributed by atoms with Gasteiger partial charge in [0.15, 0.2) is 0 Å². The van der Waals surface area contributed by atoms with Gasteiger partial charge in [0.05, 0.1) is 10.6 Å². The van der Waals surface area contributed by atoms with E-state index in [1.807, 2.05) is 25.7 Å². The van der Waals surface area contributed by atoms with Crippen molar-refractivity contribution in [1.29, 1.82) is 0 Å². The highest BCUT2D eigenvalue weighted by Gasteiger charge is 2.54. The number of rotatable bonds is 2. The molecule has 138 valence electrons. The van der Waals surface area contributed by atoms with Gasteiger partial charge in [-0.2, -0.15) is 0 Å². The number of benzene rings is 1. The summed E-state index contributed by atoms with van der Waals surface area (Å²) in [4.78, 5) is 16.5. The van der Waals surface area contributed by atoms with Crippen LogP contribution in [-0.4, -0.2) is 46.7 Å². The van der Waals surface area contributed by atoms with Gasteiger partial charge in [-0.05, 0) is 61.7 Å². The lowest BCUT2D eigenvalue weighted by molar-refractivity contribution is -0.00822. The van der Waals surface area contributed by atoms with Crippen molar-refractivity contribution in [1.82, 2.24) is 9.80 Å². The Kier molecular flexibility index (Phi) is 5.08. The van der Waals surface area contributed by atoms with Gasteiger partial charge in [-0.25, -0.2) is 9.18 Å². The van der Waals surface area contributed by atoms with Gasteiger partial charge in [-0.1, -0.05) is 11.6 Å². The van der Waals surface area contributed by atoms with Crippen LogP contribution in [0, 0.1) is 5.82 Å². The lowest BCUT2D eigenvalue weighted by atomic mass is 10.1. The van der Waals surface area contributed by atoms with Crippen LogP contribution in [0.2, 0.25) is 5.02 Å². The molecule has 25 heavy (non-hydrogen) atoms. The zero-order valence-electron chi connectivity index (χ0n) is 14.7. The summed E-state index contributed by atoms with van der Waals surface area (Å²) in [6.45, 7) is 8.14. The number of carbonyl (C=O) groups is 1. The highest BCUT2D eigenvalue weighted by molar-refractivity contribution is 9.10. The fourth-order valence-electron chi connectivity index (χ4n) is 3.29. The van der Waals surface area contributed by atoms with E-state index in [0.29, 0.717) is 34.7 Å². The van der Waals surface area contributed by atoms with Gasteiger partial charge in [0.2, 0.25) is 0 Å². The first kappa shape index (κ1) is 18.9. The van der Waals surface area contributed by atoms with Gasteiger partial charge < -0.3 is 4.74 Å². The number of hydrogen-bond donors (Lipinski definition) is 0. The summed E-state index contributed by atoms with van der Waals surface area (Å²) in [5.41, 5.74) is -0.0765. The maximum absolute atomic E-state index is 14.2. The lowest BCUT2D eigenvalue weighted by Crippen LogP contribution is -2.57. The summed E-state index contributed by atoms with van der Waals surface area (Å²) in [7, 11) is 0. The molecule has 1 amide bonds. The van der Waals surface area contributed by atoms with Gasteiger partial charge in [-0.3, -0.25) is 9.80 Å². The molecular weight excluding hydrogens is 411 g/mol. The van der Waals surface area contributed by atoms with E-state index in [1.54, 1.807) is 6.07 Å². The molecule has 1 spiro atoms. The number of amides is 1. The van der Waals surface area contributed by atoms with Crippen LogP contribution in [0.5, 0.6) is 0 Å². The molecule has 7 heteroatoms. The van der Waals surface area contributed by atoms with Crippen molar-refractivity contribution in [3.05, 3.63) is 33.0 Å². The molecule has 0 bridgehead atoms. The Morgan fingerprint density at radius 3 is 2.64 bits per heavy atom. The molecule has 0 radical (unpaired) electrons. The van der Waals surface area contributed by atoms with E-state index in [2.05, 4.69) is 20.8 Å². The smallest absolute Gasteiger partial charge is 0.410 e. The largest absolute Gasteiger partial charge is 0.444 e. The van der Waals surface area contributed by atoms with Gasteiger partial charge >= 0.3 is 6.09 Å². The zero-order valence-corrected chi connectivity index (χ0v) is 17.1. The number of ether oxygens (including phenoxy) is 1. The van der Waals surface area contributed by atoms with Gasteiger partial charge in [-0.15, -0.1) is 0 Å². The Morgan fingerprint density at radius 2 is 2.04 bits per heavy atom. The van der Waals surface area contributed by atoms with Gasteiger partial charge in [0.1, 0.15) is 11.4 Å². The average molecular weight is 434 g/mol. The molecule has 1 saturated heterocycles. The Morgan fingerprint density at radius 1 is 1.36 bits per heavy atom. The third kappa shape index (κ3) is 4.29. The summed E-state index contributed by atoms with van der Waals surface area (Å²) in [6, 6.07) is 3.07. The normalized spacial score (nSPS) is 20.0. The summed E-state index contributed by atoms with van der Waals surface area (Å²) in [5.74, 6) is -0.268. The molecule has 3 rings (SSSR count). The van der Waals surface area contributed by atoms with Gasteiger partial charge in [0.25, 0.3) is 0 Å². The summed E-state index contributed by atoms with van der Waals surface area (Å²) in [6.07, 6.45) is 1.68. The van der Waals surface area contributed by atoms with Crippen LogP contribution >= 0.6 is 27.5 Å². The Labute approximate surface area is 161 Å². The number of nitrogens with zero attached hydrogens (tertiary/aromatic N) is 2. The van der Waals surface area contributed by atoms with Gasteiger partial charge in [0, 0.05) is 36.2 Å². The Balaban J connectivity index is 1.68. The first-order valence-corrected chi connectivity index (χ1v) is 9.63. The highest BCUT2D eigenvalue weighted by atomic mass is 79.9. The lowest BCUT2D eigenvalue weighted by Gasteiger charge is -2.42. The molecular formula is C18H23BrClFN2O2. The molecule has 1 heterocycles. The molecule has 4 nitrogen and oxygen atoms in total.